The van der Waals surface area contributed by atoms with Gasteiger partial charge in [0.1, 0.15) is 0 Å². The van der Waals surface area contributed by atoms with Crippen molar-refractivity contribution in [1.82, 2.24) is 13.5 Å². The lowest BCUT2D eigenvalue weighted by Gasteiger charge is -2.37. The number of hydrogen-bond donors (Lipinski definition) is 1. The van der Waals surface area contributed by atoms with Gasteiger partial charge in [-0.3, -0.25) is 4.79 Å². The van der Waals surface area contributed by atoms with Crippen LogP contribution in [0.5, 0.6) is 0 Å². The summed E-state index contributed by atoms with van der Waals surface area (Å²) >= 11 is 0. The molecule has 8 heteroatoms. The Hall–Kier alpha value is -0.700. The fraction of sp³-hybridized carbons (Fsp3) is 0.923. The van der Waals surface area contributed by atoms with Gasteiger partial charge in [-0.2, -0.15) is 17.0 Å². The SMILES string of the molecule is CN(C)S(=O)(=O)N1CCN(C(=O)C2CCCC(N)C2)CC1. The van der Waals surface area contributed by atoms with E-state index in [4.69, 9.17) is 5.73 Å². The molecule has 1 heterocycles. The third-order valence-electron chi connectivity index (χ3n) is 4.40. The molecule has 1 saturated carbocycles. The van der Waals surface area contributed by atoms with Gasteiger partial charge in [-0.25, -0.2) is 0 Å². The molecular weight excluding hydrogens is 292 g/mol. The van der Waals surface area contributed by atoms with Crippen LogP contribution in [0.15, 0.2) is 0 Å². The lowest BCUT2D eigenvalue weighted by Crippen LogP contribution is -2.54. The number of carbonyl (C=O) groups excluding carboxylic acids is 1. The zero-order valence-electron chi connectivity index (χ0n) is 12.9. The van der Waals surface area contributed by atoms with Crippen LogP contribution < -0.4 is 5.73 Å². The smallest absolute Gasteiger partial charge is 0.281 e. The molecule has 21 heavy (non-hydrogen) atoms. The van der Waals surface area contributed by atoms with E-state index in [0.717, 1.165) is 25.7 Å². The zero-order valence-corrected chi connectivity index (χ0v) is 13.7. The molecule has 0 aromatic carbocycles. The molecule has 1 aliphatic carbocycles. The fourth-order valence-corrected chi connectivity index (χ4v) is 4.17. The average molecular weight is 318 g/mol. The summed E-state index contributed by atoms with van der Waals surface area (Å²) in [4.78, 5) is 14.3. The monoisotopic (exact) mass is 318 g/mol. The van der Waals surface area contributed by atoms with E-state index in [2.05, 4.69) is 0 Å². The normalized spacial score (nSPS) is 28.9. The maximum atomic E-state index is 12.5. The van der Waals surface area contributed by atoms with Gasteiger partial charge in [0.15, 0.2) is 0 Å². The highest BCUT2D eigenvalue weighted by atomic mass is 32.2. The first-order chi connectivity index (χ1) is 9.82. The minimum atomic E-state index is -3.37. The van der Waals surface area contributed by atoms with E-state index >= 15 is 0 Å². The number of piperazine rings is 1. The Labute approximate surface area is 127 Å². The van der Waals surface area contributed by atoms with Crippen LogP contribution >= 0.6 is 0 Å². The molecule has 2 fully saturated rings. The Bertz CT molecular complexity index is 472. The molecule has 7 nitrogen and oxygen atoms in total. The summed E-state index contributed by atoms with van der Waals surface area (Å²) in [6.07, 6.45) is 3.67. The number of nitrogens with two attached hydrogens (primary N) is 1. The quantitative estimate of drug-likeness (QED) is 0.757. The molecule has 2 N–H and O–H groups in total. The van der Waals surface area contributed by atoms with Gasteiger partial charge in [0.2, 0.25) is 5.91 Å². The molecule has 1 amide bonds. The van der Waals surface area contributed by atoms with E-state index in [9.17, 15) is 13.2 Å². The van der Waals surface area contributed by atoms with E-state index in [1.807, 2.05) is 0 Å². The van der Waals surface area contributed by atoms with Crippen molar-refractivity contribution in [2.24, 2.45) is 11.7 Å². The minimum absolute atomic E-state index is 0.0192. The van der Waals surface area contributed by atoms with Crippen molar-refractivity contribution in [3.05, 3.63) is 0 Å². The van der Waals surface area contributed by atoms with Crippen LogP contribution in [-0.4, -0.2) is 74.2 Å². The number of amides is 1. The Kier molecular flexibility index (Phi) is 5.24. The van der Waals surface area contributed by atoms with Crippen LogP contribution in [0, 0.1) is 5.92 Å². The summed E-state index contributed by atoms with van der Waals surface area (Å²) in [7, 11) is -0.326. The van der Waals surface area contributed by atoms with Gasteiger partial charge < -0.3 is 10.6 Å². The second kappa shape index (κ2) is 6.60. The number of hydrogen-bond acceptors (Lipinski definition) is 4. The number of carbonyl (C=O) groups is 1. The van der Waals surface area contributed by atoms with Gasteiger partial charge in [-0.05, 0) is 19.3 Å². The molecule has 2 rings (SSSR count). The van der Waals surface area contributed by atoms with Gasteiger partial charge in [-0.1, -0.05) is 6.42 Å². The van der Waals surface area contributed by atoms with E-state index in [1.165, 1.54) is 22.7 Å². The average Bonchev–Trinajstić information content (AvgIpc) is 2.46. The Morgan fingerprint density at radius 1 is 1.14 bits per heavy atom. The molecule has 0 radical (unpaired) electrons. The summed E-state index contributed by atoms with van der Waals surface area (Å²) in [5.74, 6) is 0.165. The summed E-state index contributed by atoms with van der Waals surface area (Å²) in [6.45, 7) is 1.67. The van der Waals surface area contributed by atoms with Crippen LogP contribution in [0.1, 0.15) is 25.7 Å². The maximum Gasteiger partial charge on any atom is 0.281 e. The van der Waals surface area contributed by atoms with Crippen molar-refractivity contribution in [3.8, 4) is 0 Å². The third-order valence-corrected chi connectivity index (χ3v) is 6.34. The predicted octanol–water partition coefficient (Wildman–Crippen LogP) is -0.545. The Balaban J connectivity index is 1.90. The first-order valence-electron chi connectivity index (χ1n) is 7.54. The summed E-state index contributed by atoms with van der Waals surface area (Å²) in [6, 6.07) is 0.128. The van der Waals surface area contributed by atoms with Crippen molar-refractivity contribution >= 4 is 16.1 Å². The Morgan fingerprint density at radius 2 is 1.76 bits per heavy atom. The van der Waals surface area contributed by atoms with Crippen molar-refractivity contribution in [1.29, 1.82) is 0 Å². The highest BCUT2D eigenvalue weighted by Crippen LogP contribution is 2.25. The second-order valence-corrected chi connectivity index (χ2v) is 8.28. The van der Waals surface area contributed by atoms with E-state index in [0.29, 0.717) is 26.2 Å². The molecule has 1 saturated heterocycles. The summed E-state index contributed by atoms with van der Waals surface area (Å²) in [5, 5.41) is 0. The molecule has 2 aliphatic rings. The maximum absolute atomic E-state index is 12.5. The van der Waals surface area contributed by atoms with E-state index in [-0.39, 0.29) is 17.9 Å². The zero-order chi connectivity index (χ0) is 15.6. The molecular formula is C13H26N4O3S. The van der Waals surface area contributed by atoms with Crippen molar-refractivity contribution < 1.29 is 13.2 Å². The largest absolute Gasteiger partial charge is 0.340 e. The van der Waals surface area contributed by atoms with Crippen molar-refractivity contribution in [2.45, 2.75) is 31.7 Å². The summed E-state index contributed by atoms with van der Waals surface area (Å²) in [5.41, 5.74) is 5.94. The first-order valence-corrected chi connectivity index (χ1v) is 8.94. The lowest BCUT2D eigenvalue weighted by atomic mass is 9.85. The van der Waals surface area contributed by atoms with Crippen LogP contribution in [0.25, 0.3) is 0 Å². The van der Waals surface area contributed by atoms with Crippen LogP contribution in [0.4, 0.5) is 0 Å². The standard InChI is InChI=1S/C13H26N4O3S/c1-15(2)21(19,20)17-8-6-16(7-9-17)13(18)11-4-3-5-12(14)10-11/h11-12H,3-10,14H2,1-2H3. The summed E-state index contributed by atoms with van der Waals surface area (Å²) < 4.78 is 26.7. The van der Waals surface area contributed by atoms with Gasteiger partial charge in [0.05, 0.1) is 0 Å². The third kappa shape index (κ3) is 3.74. The minimum Gasteiger partial charge on any atom is -0.340 e. The molecule has 0 spiro atoms. The molecule has 1 aliphatic heterocycles. The van der Waals surface area contributed by atoms with Crippen molar-refractivity contribution in [2.75, 3.05) is 40.3 Å². The first kappa shape index (κ1) is 16.7. The van der Waals surface area contributed by atoms with Gasteiger partial charge in [-0.15, -0.1) is 0 Å². The van der Waals surface area contributed by atoms with Crippen molar-refractivity contribution in [3.63, 3.8) is 0 Å². The number of nitrogens with zero attached hydrogens (tertiary/aromatic N) is 3. The molecule has 0 aromatic heterocycles. The van der Waals surface area contributed by atoms with Gasteiger partial charge in [0.25, 0.3) is 10.2 Å². The Morgan fingerprint density at radius 3 is 2.29 bits per heavy atom. The van der Waals surface area contributed by atoms with Crippen LogP contribution in [0.2, 0.25) is 0 Å². The molecule has 0 bridgehead atoms. The van der Waals surface area contributed by atoms with E-state index < -0.39 is 10.2 Å². The van der Waals surface area contributed by atoms with Gasteiger partial charge in [0, 0.05) is 52.2 Å². The van der Waals surface area contributed by atoms with Crippen LogP contribution in [0.3, 0.4) is 0 Å². The molecule has 122 valence electrons. The van der Waals surface area contributed by atoms with E-state index in [1.54, 1.807) is 4.90 Å². The molecule has 0 aromatic rings. The lowest BCUT2D eigenvalue weighted by molar-refractivity contribution is -0.138. The predicted molar refractivity (Wildman–Crippen MR) is 80.7 cm³/mol. The van der Waals surface area contributed by atoms with Crippen LogP contribution in [-0.2, 0) is 15.0 Å². The van der Waals surface area contributed by atoms with Gasteiger partial charge >= 0.3 is 0 Å². The molecule has 2 atom stereocenters. The highest BCUT2D eigenvalue weighted by molar-refractivity contribution is 7.86. The topological polar surface area (TPSA) is 87.0 Å². The molecule has 2 unspecified atom stereocenters. The number of rotatable bonds is 3. The second-order valence-electron chi connectivity index (χ2n) is 6.14. The fourth-order valence-electron chi connectivity index (χ4n) is 3.08. The highest BCUT2D eigenvalue weighted by Gasteiger charge is 2.33.